The number of aryl methyl sites for hydroxylation is 1. The van der Waals surface area contributed by atoms with E-state index in [0.29, 0.717) is 5.92 Å². The normalized spacial score (nSPS) is 10.9. The number of nitrogens with one attached hydrogen (secondary N) is 1. The van der Waals surface area contributed by atoms with Crippen molar-refractivity contribution in [1.82, 2.24) is 5.32 Å². The van der Waals surface area contributed by atoms with E-state index in [1.165, 1.54) is 22.3 Å². The molecule has 112 valence electrons. The lowest BCUT2D eigenvalue weighted by Gasteiger charge is -2.10. The van der Waals surface area contributed by atoms with Crippen LogP contribution in [0.1, 0.15) is 42.0 Å². The van der Waals surface area contributed by atoms with Crippen molar-refractivity contribution in [3.8, 4) is 5.75 Å². The molecule has 0 spiro atoms. The van der Waals surface area contributed by atoms with Crippen molar-refractivity contribution in [3.63, 3.8) is 0 Å². The van der Waals surface area contributed by atoms with E-state index in [1.807, 2.05) is 6.07 Å². The van der Waals surface area contributed by atoms with E-state index < -0.39 is 0 Å². The van der Waals surface area contributed by atoms with Gasteiger partial charge in [0.1, 0.15) is 5.75 Å². The molecule has 21 heavy (non-hydrogen) atoms. The maximum atomic E-state index is 5.28. The molecule has 0 atom stereocenters. The van der Waals surface area contributed by atoms with Gasteiger partial charge in [-0.3, -0.25) is 0 Å². The van der Waals surface area contributed by atoms with Crippen LogP contribution in [0.2, 0.25) is 0 Å². The summed E-state index contributed by atoms with van der Waals surface area (Å²) >= 11 is 0. The van der Waals surface area contributed by atoms with Crippen LogP contribution in [0.4, 0.5) is 0 Å². The smallest absolute Gasteiger partial charge is 0.121 e. The zero-order chi connectivity index (χ0) is 15.2. The molecule has 0 aliphatic rings. The van der Waals surface area contributed by atoms with Crippen LogP contribution in [0.25, 0.3) is 0 Å². The fraction of sp³-hybridized carbons (Fsp3) is 0.368. The van der Waals surface area contributed by atoms with Crippen molar-refractivity contribution in [2.75, 3.05) is 7.11 Å². The number of benzene rings is 2. The molecule has 0 unspecified atom stereocenters. The lowest BCUT2D eigenvalue weighted by atomic mass is 10.0. The number of ether oxygens (including phenoxy) is 1. The minimum absolute atomic E-state index is 0.592. The molecule has 0 amide bonds. The monoisotopic (exact) mass is 283 g/mol. The summed E-state index contributed by atoms with van der Waals surface area (Å²) in [6.45, 7) is 8.28. The molecule has 0 saturated heterocycles. The second-order valence-corrected chi connectivity index (χ2v) is 5.80. The Morgan fingerprint density at radius 1 is 0.952 bits per heavy atom. The van der Waals surface area contributed by atoms with E-state index >= 15 is 0 Å². The van der Waals surface area contributed by atoms with Crippen LogP contribution in [0, 0.1) is 6.92 Å². The zero-order valence-electron chi connectivity index (χ0n) is 13.4. The summed E-state index contributed by atoms with van der Waals surface area (Å²) in [7, 11) is 1.71. The Bertz CT molecular complexity index is 573. The second-order valence-electron chi connectivity index (χ2n) is 5.80. The fourth-order valence-corrected chi connectivity index (χ4v) is 2.42. The molecule has 2 rings (SSSR count). The van der Waals surface area contributed by atoms with E-state index in [1.54, 1.807) is 7.11 Å². The lowest BCUT2D eigenvalue weighted by Crippen LogP contribution is -2.12. The molecule has 2 aromatic carbocycles. The second kappa shape index (κ2) is 7.28. The molecular formula is C19H25NO. The van der Waals surface area contributed by atoms with Gasteiger partial charge in [0.2, 0.25) is 0 Å². The summed E-state index contributed by atoms with van der Waals surface area (Å²) < 4.78 is 5.28. The van der Waals surface area contributed by atoms with Crippen molar-refractivity contribution < 1.29 is 4.74 Å². The lowest BCUT2D eigenvalue weighted by molar-refractivity contribution is 0.411. The Morgan fingerprint density at radius 2 is 1.57 bits per heavy atom. The van der Waals surface area contributed by atoms with E-state index in [-0.39, 0.29) is 0 Å². The van der Waals surface area contributed by atoms with Crippen molar-refractivity contribution in [3.05, 3.63) is 64.7 Å². The molecule has 0 aliphatic carbocycles. The van der Waals surface area contributed by atoms with Crippen LogP contribution in [0.5, 0.6) is 5.75 Å². The van der Waals surface area contributed by atoms with Gasteiger partial charge in [0.05, 0.1) is 7.11 Å². The van der Waals surface area contributed by atoms with Crippen LogP contribution in [-0.4, -0.2) is 7.11 Å². The molecule has 1 N–H and O–H groups in total. The zero-order valence-corrected chi connectivity index (χ0v) is 13.4. The van der Waals surface area contributed by atoms with Crippen molar-refractivity contribution in [2.24, 2.45) is 0 Å². The van der Waals surface area contributed by atoms with Crippen LogP contribution in [0.3, 0.4) is 0 Å². The predicted molar refractivity (Wildman–Crippen MR) is 88.8 cm³/mol. The average molecular weight is 283 g/mol. The quantitative estimate of drug-likeness (QED) is 0.847. The largest absolute Gasteiger partial charge is 0.496 e. The molecular weight excluding hydrogens is 258 g/mol. The van der Waals surface area contributed by atoms with Gasteiger partial charge in [0.15, 0.2) is 0 Å². The highest BCUT2D eigenvalue weighted by molar-refractivity contribution is 5.36. The Morgan fingerprint density at radius 3 is 2.14 bits per heavy atom. The first-order valence-electron chi connectivity index (χ1n) is 7.53. The van der Waals surface area contributed by atoms with Gasteiger partial charge in [-0.2, -0.15) is 0 Å². The third-order valence-electron chi connectivity index (χ3n) is 3.76. The van der Waals surface area contributed by atoms with Gasteiger partial charge in [-0.15, -0.1) is 0 Å². The third kappa shape index (κ3) is 4.33. The summed E-state index contributed by atoms with van der Waals surface area (Å²) in [5, 5.41) is 3.49. The van der Waals surface area contributed by atoms with Crippen molar-refractivity contribution in [2.45, 2.75) is 39.8 Å². The Balaban J connectivity index is 1.87. The first kappa shape index (κ1) is 15.6. The Kier molecular flexibility index (Phi) is 5.40. The Labute approximate surface area is 128 Å². The number of rotatable bonds is 6. The first-order valence-corrected chi connectivity index (χ1v) is 7.53. The molecule has 0 saturated carbocycles. The summed E-state index contributed by atoms with van der Waals surface area (Å²) in [6, 6.07) is 15.2. The summed E-state index contributed by atoms with van der Waals surface area (Å²) in [6.07, 6.45) is 0. The summed E-state index contributed by atoms with van der Waals surface area (Å²) in [5.41, 5.74) is 5.18. The highest BCUT2D eigenvalue weighted by Crippen LogP contribution is 2.18. The minimum atomic E-state index is 0.592. The molecule has 0 aromatic heterocycles. The molecule has 0 radical (unpaired) electrons. The highest BCUT2D eigenvalue weighted by Gasteiger charge is 2.01. The maximum Gasteiger partial charge on any atom is 0.121 e. The number of methoxy groups -OCH3 is 1. The number of hydrogen-bond donors (Lipinski definition) is 1. The van der Waals surface area contributed by atoms with E-state index in [9.17, 15) is 0 Å². The van der Waals surface area contributed by atoms with Gasteiger partial charge >= 0.3 is 0 Å². The van der Waals surface area contributed by atoms with E-state index in [4.69, 9.17) is 4.74 Å². The molecule has 0 aliphatic heterocycles. The fourth-order valence-electron chi connectivity index (χ4n) is 2.42. The molecule has 0 heterocycles. The Hall–Kier alpha value is -1.80. The predicted octanol–water partition coefficient (Wildman–Crippen LogP) is 4.42. The SMILES string of the molecule is COc1ccc(CNCc2ccc(C(C)C)cc2)cc1C. The molecule has 0 fully saturated rings. The summed E-state index contributed by atoms with van der Waals surface area (Å²) in [5.74, 6) is 1.54. The standard InChI is InChI=1S/C19H25NO/c1-14(2)18-8-5-16(6-9-18)12-20-13-17-7-10-19(21-4)15(3)11-17/h5-11,14,20H,12-13H2,1-4H3. The van der Waals surface area contributed by atoms with Crippen LogP contribution < -0.4 is 10.1 Å². The van der Waals surface area contributed by atoms with Gasteiger partial charge < -0.3 is 10.1 Å². The highest BCUT2D eigenvalue weighted by atomic mass is 16.5. The van der Waals surface area contributed by atoms with Gasteiger partial charge in [-0.25, -0.2) is 0 Å². The van der Waals surface area contributed by atoms with Gasteiger partial charge in [-0.05, 0) is 41.2 Å². The molecule has 0 bridgehead atoms. The van der Waals surface area contributed by atoms with Gasteiger partial charge in [0.25, 0.3) is 0 Å². The first-order chi connectivity index (χ1) is 10.1. The van der Waals surface area contributed by atoms with Crippen molar-refractivity contribution in [1.29, 1.82) is 0 Å². The summed E-state index contributed by atoms with van der Waals surface area (Å²) in [4.78, 5) is 0. The molecule has 2 heteroatoms. The maximum absolute atomic E-state index is 5.28. The van der Waals surface area contributed by atoms with Gasteiger partial charge in [-0.1, -0.05) is 50.2 Å². The molecule has 2 nitrogen and oxygen atoms in total. The van der Waals surface area contributed by atoms with Crippen LogP contribution in [0.15, 0.2) is 42.5 Å². The van der Waals surface area contributed by atoms with Crippen LogP contribution >= 0.6 is 0 Å². The molecule has 2 aromatic rings. The number of hydrogen-bond acceptors (Lipinski definition) is 2. The minimum Gasteiger partial charge on any atom is -0.496 e. The third-order valence-corrected chi connectivity index (χ3v) is 3.76. The van der Waals surface area contributed by atoms with Crippen molar-refractivity contribution >= 4 is 0 Å². The topological polar surface area (TPSA) is 21.3 Å². The van der Waals surface area contributed by atoms with Crippen LogP contribution in [-0.2, 0) is 13.1 Å². The van der Waals surface area contributed by atoms with E-state index in [0.717, 1.165) is 18.8 Å². The van der Waals surface area contributed by atoms with Gasteiger partial charge in [0, 0.05) is 13.1 Å². The van der Waals surface area contributed by atoms with E-state index in [2.05, 4.69) is 62.5 Å². The average Bonchev–Trinajstić information content (AvgIpc) is 2.48.